The summed E-state index contributed by atoms with van der Waals surface area (Å²) in [6.45, 7) is 2.89. The van der Waals surface area contributed by atoms with Crippen LogP contribution in [0.1, 0.15) is 31.4 Å². The molecule has 0 spiro atoms. The van der Waals surface area contributed by atoms with Gasteiger partial charge >= 0.3 is 6.01 Å². The van der Waals surface area contributed by atoms with Gasteiger partial charge in [0.05, 0.1) is 23.1 Å². The fourth-order valence-corrected chi connectivity index (χ4v) is 8.28. The van der Waals surface area contributed by atoms with E-state index in [9.17, 15) is 9.90 Å². The molecule has 5 heterocycles. The number of ether oxygens (including phenoxy) is 1. The van der Waals surface area contributed by atoms with Gasteiger partial charge in [0, 0.05) is 42.0 Å². The predicted octanol–water partition coefficient (Wildman–Crippen LogP) is 5.93. The molecule has 6 aromatic rings. The number of amides is 1. The lowest BCUT2D eigenvalue weighted by molar-refractivity contribution is -0.131. The molecule has 3 atom stereocenters. The van der Waals surface area contributed by atoms with Crippen LogP contribution in [0.2, 0.25) is 0 Å². The van der Waals surface area contributed by atoms with Crippen LogP contribution in [0, 0.1) is 0 Å². The van der Waals surface area contributed by atoms with Crippen molar-refractivity contribution in [1.82, 2.24) is 30.0 Å². The molecule has 10 heteroatoms. The third-order valence-electron chi connectivity index (χ3n) is 10.8. The Morgan fingerprint density at radius 3 is 2.51 bits per heavy atom. The summed E-state index contributed by atoms with van der Waals surface area (Å²) in [6.07, 6.45) is 4.54. The van der Waals surface area contributed by atoms with Crippen molar-refractivity contribution in [1.29, 1.82) is 0 Å². The number of hydrogen-bond acceptors (Lipinski definition) is 8. The summed E-state index contributed by atoms with van der Waals surface area (Å²) in [4.78, 5) is 30.5. The highest BCUT2D eigenvalue weighted by molar-refractivity contribution is 6.01. The molecule has 4 aromatic carbocycles. The zero-order chi connectivity index (χ0) is 33.1. The molecule has 0 saturated carbocycles. The minimum atomic E-state index is 0.117. The molecule has 248 valence electrons. The van der Waals surface area contributed by atoms with Crippen LogP contribution in [0.25, 0.3) is 43.7 Å². The average molecular weight is 654 g/mol. The summed E-state index contributed by atoms with van der Waals surface area (Å²) in [7, 11) is 2.15. The second-order valence-corrected chi connectivity index (χ2v) is 13.9. The molecule has 0 aliphatic carbocycles. The van der Waals surface area contributed by atoms with Crippen LogP contribution in [0.15, 0.2) is 78.9 Å². The standard InChI is InChI=1S/C39H39N7O3/c1-44-16-6-8-28(44)23-49-39-40-35-18-25(33-19-29(47)17-24-7-2-3-9-30(24)33)12-15-32(35)38(41-39)46-26-13-14-27(46)22-45(21-26)37(48)20-36-31-10-4-5-11-34(31)42-43-36/h2-5,7,9-12,15,17-19,26-28,47H,6,8,13-14,16,20-23H2,1H3,(H,42,43)/t26-,27+,28-/m0/s1. The number of fused-ring (bicyclic) bond motifs is 5. The highest BCUT2D eigenvalue weighted by Gasteiger charge is 2.43. The first-order chi connectivity index (χ1) is 24.0. The first-order valence-corrected chi connectivity index (χ1v) is 17.3. The number of phenols is 1. The quantitative estimate of drug-likeness (QED) is 0.218. The predicted molar refractivity (Wildman–Crippen MR) is 191 cm³/mol. The van der Waals surface area contributed by atoms with Crippen LogP contribution in [0.5, 0.6) is 11.8 Å². The lowest BCUT2D eigenvalue weighted by Gasteiger charge is -2.42. The number of benzene rings is 4. The highest BCUT2D eigenvalue weighted by Crippen LogP contribution is 2.40. The van der Waals surface area contributed by atoms with E-state index in [1.165, 1.54) is 6.42 Å². The highest BCUT2D eigenvalue weighted by atomic mass is 16.5. The first-order valence-electron chi connectivity index (χ1n) is 17.3. The van der Waals surface area contributed by atoms with Crippen molar-refractivity contribution in [2.75, 3.05) is 38.2 Å². The molecule has 0 unspecified atom stereocenters. The smallest absolute Gasteiger partial charge is 0.319 e. The topological polar surface area (TPSA) is 111 Å². The molecule has 0 radical (unpaired) electrons. The van der Waals surface area contributed by atoms with E-state index in [-0.39, 0.29) is 23.7 Å². The number of likely N-dealkylation sites (N-methyl/N-ethyl adjacent to an activating group) is 1. The molecule has 49 heavy (non-hydrogen) atoms. The van der Waals surface area contributed by atoms with Gasteiger partial charge in [0.25, 0.3) is 0 Å². The Kier molecular flexibility index (Phi) is 7.34. The second kappa shape index (κ2) is 12.0. The van der Waals surface area contributed by atoms with Crippen LogP contribution >= 0.6 is 0 Å². The van der Waals surface area contributed by atoms with E-state index in [0.29, 0.717) is 38.2 Å². The molecule has 3 saturated heterocycles. The monoisotopic (exact) mass is 653 g/mol. The van der Waals surface area contributed by atoms with Crippen molar-refractivity contribution in [3.8, 4) is 22.9 Å². The van der Waals surface area contributed by atoms with Crippen molar-refractivity contribution in [3.63, 3.8) is 0 Å². The third kappa shape index (κ3) is 5.40. The Morgan fingerprint density at radius 1 is 0.898 bits per heavy atom. The van der Waals surface area contributed by atoms with E-state index < -0.39 is 0 Å². The van der Waals surface area contributed by atoms with Gasteiger partial charge in [-0.15, -0.1) is 0 Å². The van der Waals surface area contributed by atoms with Gasteiger partial charge in [-0.05, 0) is 91.5 Å². The molecule has 3 aliphatic rings. The summed E-state index contributed by atoms with van der Waals surface area (Å²) in [5.74, 6) is 1.21. The largest absolute Gasteiger partial charge is 0.508 e. The minimum absolute atomic E-state index is 0.117. The third-order valence-corrected chi connectivity index (χ3v) is 10.8. The van der Waals surface area contributed by atoms with E-state index >= 15 is 0 Å². The van der Waals surface area contributed by atoms with Crippen molar-refractivity contribution >= 4 is 44.3 Å². The number of aromatic nitrogens is 4. The van der Waals surface area contributed by atoms with Crippen LogP contribution in [-0.4, -0.2) is 92.4 Å². The fraction of sp³-hybridized carbons (Fsp3) is 0.333. The molecule has 3 aliphatic heterocycles. The average Bonchev–Trinajstić information content (AvgIpc) is 3.80. The Morgan fingerprint density at radius 2 is 1.69 bits per heavy atom. The lowest BCUT2D eigenvalue weighted by Crippen LogP contribution is -2.56. The number of nitrogens with one attached hydrogen (secondary N) is 1. The van der Waals surface area contributed by atoms with Crippen LogP contribution in [0.4, 0.5) is 5.82 Å². The molecule has 2 aromatic heterocycles. The lowest BCUT2D eigenvalue weighted by atomic mass is 9.97. The SMILES string of the molecule is CN1CCC[C@H]1COc1nc(N2[C@@H]3CC[C@H]2CN(C(=O)Cc2[nH]nc4ccccc24)C3)c2ccc(-c3cc(O)cc4ccccc34)cc2n1. The zero-order valence-electron chi connectivity index (χ0n) is 27.5. The number of para-hydroxylation sites is 1. The number of aromatic hydroxyl groups is 1. The van der Waals surface area contributed by atoms with Gasteiger partial charge in [-0.3, -0.25) is 9.89 Å². The first kappa shape index (κ1) is 29.9. The van der Waals surface area contributed by atoms with E-state index in [0.717, 1.165) is 81.0 Å². The summed E-state index contributed by atoms with van der Waals surface area (Å²) in [6, 6.07) is 26.9. The Bertz CT molecular complexity index is 2200. The van der Waals surface area contributed by atoms with Gasteiger partial charge in [-0.25, -0.2) is 0 Å². The maximum atomic E-state index is 13.7. The van der Waals surface area contributed by atoms with Crippen LogP contribution in [-0.2, 0) is 11.2 Å². The van der Waals surface area contributed by atoms with E-state index in [4.69, 9.17) is 14.7 Å². The number of aromatic amines is 1. The van der Waals surface area contributed by atoms with Gasteiger partial charge in [0.1, 0.15) is 18.2 Å². The van der Waals surface area contributed by atoms with Crippen molar-refractivity contribution in [2.24, 2.45) is 0 Å². The Hall–Kier alpha value is -5.22. The van der Waals surface area contributed by atoms with Crippen LogP contribution in [0.3, 0.4) is 0 Å². The number of carbonyl (C=O) groups excluding carboxylic acids is 1. The normalized spacial score (nSPS) is 21.0. The number of carbonyl (C=O) groups is 1. The molecule has 3 fully saturated rings. The number of phenolic OH excluding ortho intramolecular Hbond substituents is 1. The summed E-state index contributed by atoms with van der Waals surface area (Å²) < 4.78 is 6.37. The number of nitrogens with zero attached hydrogens (tertiary/aromatic N) is 6. The second-order valence-electron chi connectivity index (χ2n) is 13.9. The number of H-pyrrole nitrogens is 1. The molecule has 10 nitrogen and oxygen atoms in total. The molecular weight excluding hydrogens is 614 g/mol. The van der Waals surface area contributed by atoms with Crippen LogP contribution < -0.4 is 9.64 Å². The number of anilines is 1. The zero-order valence-corrected chi connectivity index (χ0v) is 27.5. The number of rotatable bonds is 7. The van der Waals surface area contributed by atoms with E-state index in [1.807, 2.05) is 53.4 Å². The molecule has 2 bridgehead atoms. The molecule has 9 rings (SSSR count). The van der Waals surface area contributed by atoms with Gasteiger partial charge in [-0.1, -0.05) is 48.5 Å². The van der Waals surface area contributed by atoms with Crippen molar-refractivity contribution in [2.45, 2.75) is 50.2 Å². The number of likely N-dealkylation sites (tertiary alicyclic amines) is 2. The van der Waals surface area contributed by atoms with E-state index in [1.54, 1.807) is 6.07 Å². The van der Waals surface area contributed by atoms with Gasteiger partial charge in [0.15, 0.2) is 0 Å². The van der Waals surface area contributed by atoms with Crippen molar-refractivity contribution < 1.29 is 14.6 Å². The molecule has 2 N–H and O–H groups in total. The minimum Gasteiger partial charge on any atom is -0.508 e. The van der Waals surface area contributed by atoms with Crippen molar-refractivity contribution in [3.05, 3.63) is 84.6 Å². The molecule has 1 amide bonds. The number of piperazine rings is 1. The summed E-state index contributed by atoms with van der Waals surface area (Å²) >= 11 is 0. The summed E-state index contributed by atoms with van der Waals surface area (Å²) in [5, 5.41) is 22.1. The maximum Gasteiger partial charge on any atom is 0.319 e. The van der Waals surface area contributed by atoms with Gasteiger partial charge < -0.3 is 24.5 Å². The van der Waals surface area contributed by atoms with E-state index in [2.05, 4.69) is 51.3 Å². The maximum absolute atomic E-state index is 13.7. The Labute approximate surface area is 284 Å². The fourth-order valence-electron chi connectivity index (χ4n) is 8.28. The summed E-state index contributed by atoms with van der Waals surface area (Å²) in [5.41, 5.74) is 4.46. The molecular formula is C39H39N7O3. The number of hydrogen-bond donors (Lipinski definition) is 2. The van der Waals surface area contributed by atoms with Gasteiger partial charge in [-0.2, -0.15) is 15.1 Å². The van der Waals surface area contributed by atoms with Gasteiger partial charge in [0.2, 0.25) is 5.91 Å². The Balaban J connectivity index is 1.05.